The van der Waals surface area contributed by atoms with Gasteiger partial charge < -0.3 is 14.3 Å². The lowest BCUT2D eigenvalue weighted by Crippen LogP contribution is -2.34. The molecule has 4 nitrogen and oxygen atoms in total. The van der Waals surface area contributed by atoms with E-state index in [4.69, 9.17) is 4.42 Å². The van der Waals surface area contributed by atoms with Crippen LogP contribution in [0.15, 0.2) is 53.3 Å². The summed E-state index contributed by atoms with van der Waals surface area (Å²) in [5.41, 5.74) is 2.17. The molecule has 3 heterocycles. The van der Waals surface area contributed by atoms with Gasteiger partial charge >= 0.3 is 0 Å². The summed E-state index contributed by atoms with van der Waals surface area (Å²) in [6, 6.07) is 12.1. The maximum Gasteiger partial charge on any atom is 0.227 e. The Bertz CT molecular complexity index is 825. The zero-order valence-corrected chi connectivity index (χ0v) is 14.2. The molecule has 3 aromatic rings. The van der Waals surface area contributed by atoms with E-state index in [1.807, 2.05) is 53.2 Å². The molecular formula is C19H20N2O2S. The van der Waals surface area contributed by atoms with Crippen molar-refractivity contribution in [3.05, 3.63) is 60.2 Å². The van der Waals surface area contributed by atoms with Crippen LogP contribution in [0.3, 0.4) is 0 Å². The standard InChI is InChI=1S/C19H20N2O2S/c22-19(12-14-13-20-16-5-2-1-4-15(14)16)21-8-7-18(24-11-9-21)17-6-3-10-23-17/h1-6,10,13,18,20H,7-9,11-12H2/t18-/m1/s1. The van der Waals surface area contributed by atoms with Gasteiger partial charge in [-0.05, 0) is 30.2 Å². The van der Waals surface area contributed by atoms with Gasteiger partial charge in [-0.1, -0.05) is 18.2 Å². The number of para-hydroxylation sites is 1. The summed E-state index contributed by atoms with van der Waals surface area (Å²) >= 11 is 1.88. The number of carbonyl (C=O) groups excluding carboxylic acids is 1. The first-order chi connectivity index (χ1) is 11.8. The van der Waals surface area contributed by atoms with Crippen molar-refractivity contribution in [1.29, 1.82) is 0 Å². The van der Waals surface area contributed by atoms with Crippen molar-refractivity contribution < 1.29 is 9.21 Å². The molecule has 2 aromatic heterocycles. The van der Waals surface area contributed by atoms with Crippen LogP contribution >= 0.6 is 11.8 Å². The first kappa shape index (κ1) is 15.4. The zero-order chi connectivity index (χ0) is 16.4. The third-order valence-electron chi connectivity index (χ3n) is 4.57. The minimum absolute atomic E-state index is 0.209. The van der Waals surface area contributed by atoms with Crippen LogP contribution in [-0.4, -0.2) is 34.6 Å². The van der Waals surface area contributed by atoms with Crippen LogP contribution in [0, 0.1) is 0 Å². The number of carbonyl (C=O) groups is 1. The zero-order valence-electron chi connectivity index (χ0n) is 13.4. The van der Waals surface area contributed by atoms with Gasteiger partial charge in [-0.25, -0.2) is 0 Å². The third kappa shape index (κ3) is 3.08. The molecule has 24 heavy (non-hydrogen) atoms. The molecule has 5 heteroatoms. The molecule has 0 spiro atoms. The van der Waals surface area contributed by atoms with Crippen LogP contribution < -0.4 is 0 Å². The van der Waals surface area contributed by atoms with E-state index in [1.54, 1.807) is 6.26 Å². The topological polar surface area (TPSA) is 49.2 Å². The van der Waals surface area contributed by atoms with Crippen molar-refractivity contribution >= 4 is 28.6 Å². The first-order valence-electron chi connectivity index (χ1n) is 8.29. The van der Waals surface area contributed by atoms with E-state index >= 15 is 0 Å². The van der Waals surface area contributed by atoms with E-state index in [0.717, 1.165) is 47.5 Å². The van der Waals surface area contributed by atoms with Gasteiger partial charge in [0.05, 0.1) is 17.9 Å². The fourth-order valence-electron chi connectivity index (χ4n) is 3.27. The van der Waals surface area contributed by atoms with Crippen molar-refractivity contribution in [1.82, 2.24) is 9.88 Å². The molecule has 0 aliphatic carbocycles. The van der Waals surface area contributed by atoms with Crippen molar-refractivity contribution in [3.8, 4) is 0 Å². The van der Waals surface area contributed by atoms with Crippen LogP contribution in [0.1, 0.15) is 23.0 Å². The molecule has 1 amide bonds. The van der Waals surface area contributed by atoms with E-state index in [9.17, 15) is 4.79 Å². The highest BCUT2D eigenvalue weighted by atomic mass is 32.2. The van der Waals surface area contributed by atoms with Crippen LogP contribution in [0.25, 0.3) is 10.9 Å². The molecule has 0 saturated carbocycles. The number of fused-ring (bicyclic) bond motifs is 1. The average Bonchev–Trinajstić information content (AvgIpc) is 3.20. The normalized spacial score (nSPS) is 18.7. The molecular weight excluding hydrogens is 320 g/mol. The fraction of sp³-hybridized carbons (Fsp3) is 0.316. The van der Waals surface area contributed by atoms with E-state index in [0.29, 0.717) is 11.7 Å². The summed E-state index contributed by atoms with van der Waals surface area (Å²) in [5, 5.41) is 1.49. The number of H-pyrrole nitrogens is 1. The minimum atomic E-state index is 0.209. The average molecular weight is 340 g/mol. The lowest BCUT2D eigenvalue weighted by Gasteiger charge is -2.20. The summed E-state index contributed by atoms with van der Waals surface area (Å²) in [6.07, 6.45) is 5.08. The molecule has 1 N–H and O–H groups in total. The van der Waals surface area contributed by atoms with E-state index in [-0.39, 0.29) is 5.91 Å². The highest BCUT2D eigenvalue weighted by molar-refractivity contribution is 7.99. The van der Waals surface area contributed by atoms with Gasteiger partial charge in [-0.15, -0.1) is 11.8 Å². The Morgan fingerprint density at radius 2 is 2.17 bits per heavy atom. The van der Waals surface area contributed by atoms with E-state index in [1.165, 1.54) is 0 Å². The van der Waals surface area contributed by atoms with Crippen LogP contribution in [0.4, 0.5) is 0 Å². The number of nitrogens with zero attached hydrogens (tertiary/aromatic N) is 1. The predicted molar refractivity (Wildman–Crippen MR) is 97.1 cm³/mol. The molecule has 1 saturated heterocycles. The van der Waals surface area contributed by atoms with Gasteiger partial charge in [-0.2, -0.15) is 0 Å². The third-order valence-corrected chi connectivity index (χ3v) is 5.86. The number of furan rings is 1. The second-order valence-electron chi connectivity index (χ2n) is 6.08. The van der Waals surface area contributed by atoms with Crippen LogP contribution in [-0.2, 0) is 11.2 Å². The van der Waals surface area contributed by atoms with Gasteiger partial charge in [0.2, 0.25) is 5.91 Å². The maximum absolute atomic E-state index is 12.7. The summed E-state index contributed by atoms with van der Waals surface area (Å²) in [6.45, 7) is 1.60. The molecule has 1 aromatic carbocycles. The highest BCUT2D eigenvalue weighted by Gasteiger charge is 2.24. The van der Waals surface area contributed by atoms with Gasteiger partial charge in [0.1, 0.15) is 5.76 Å². The monoisotopic (exact) mass is 340 g/mol. The van der Waals surface area contributed by atoms with Crippen LogP contribution in [0.2, 0.25) is 0 Å². The Morgan fingerprint density at radius 3 is 3.04 bits per heavy atom. The number of rotatable bonds is 3. The largest absolute Gasteiger partial charge is 0.468 e. The summed E-state index contributed by atoms with van der Waals surface area (Å²) < 4.78 is 5.53. The van der Waals surface area contributed by atoms with E-state index in [2.05, 4.69) is 11.1 Å². The van der Waals surface area contributed by atoms with E-state index < -0.39 is 0 Å². The first-order valence-corrected chi connectivity index (χ1v) is 9.34. The van der Waals surface area contributed by atoms with Gasteiger partial charge in [0, 0.05) is 35.9 Å². The van der Waals surface area contributed by atoms with Gasteiger partial charge in [0.15, 0.2) is 0 Å². The summed E-state index contributed by atoms with van der Waals surface area (Å²) in [7, 11) is 0. The van der Waals surface area contributed by atoms with Crippen molar-refractivity contribution in [3.63, 3.8) is 0 Å². The molecule has 1 fully saturated rings. The molecule has 1 aliphatic heterocycles. The van der Waals surface area contributed by atoms with Crippen molar-refractivity contribution in [2.75, 3.05) is 18.8 Å². The predicted octanol–water partition coefficient (Wildman–Crippen LogP) is 4.01. The van der Waals surface area contributed by atoms with Crippen molar-refractivity contribution in [2.24, 2.45) is 0 Å². The Morgan fingerprint density at radius 1 is 1.25 bits per heavy atom. The van der Waals surface area contributed by atoms with Gasteiger partial charge in [-0.3, -0.25) is 4.79 Å². The van der Waals surface area contributed by atoms with Crippen molar-refractivity contribution in [2.45, 2.75) is 18.1 Å². The lowest BCUT2D eigenvalue weighted by atomic mass is 10.1. The Kier molecular flexibility index (Phi) is 4.34. The SMILES string of the molecule is O=C(Cc1c[nH]c2ccccc12)N1CCS[C@@H](c2ccco2)CC1. The number of aromatic nitrogens is 1. The number of nitrogens with one attached hydrogen (secondary N) is 1. The smallest absolute Gasteiger partial charge is 0.227 e. The number of benzene rings is 1. The lowest BCUT2D eigenvalue weighted by molar-refractivity contribution is -0.130. The number of hydrogen-bond acceptors (Lipinski definition) is 3. The van der Waals surface area contributed by atoms with Gasteiger partial charge in [0.25, 0.3) is 0 Å². The Hall–Kier alpha value is -2.14. The second-order valence-corrected chi connectivity index (χ2v) is 7.39. The molecule has 1 aliphatic rings. The Balaban J connectivity index is 1.43. The summed E-state index contributed by atoms with van der Waals surface area (Å²) in [5.74, 6) is 2.18. The van der Waals surface area contributed by atoms with Crippen LogP contribution in [0.5, 0.6) is 0 Å². The molecule has 124 valence electrons. The molecule has 4 rings (SSSR count). The Labute approximate surface area is 145 Å². The number of aromatic amines is 1. The number of thioether (sulfide) groups is 1. The number of amides is 1. The highest BCUT2D eigenvalue weighted by Crippen LogP contribution is 2.34. The fourth-order valence-corrected chi connectivity index (χ4v) is 4.46. The molecule has 1 atom stereocenters. The second kappa shape index (κ2) is 6.77. The minimum Gasteiger partial charge on any atom is -0.468 e. The molecule has 0 bridgehead atoms. The summed E-state index contributed by atoms with van der Waals surface area (Å²) in [4.78, 5) is 18.0. The molecule has 0 unspecified atom stereocenters. The quantitative estimate of drug-likeness (QED) is 0.784. The maximum atomic E-state index is 12.7. The number of hydrogen-bond donors (Lipinski definition) is 1. The molecule has 0 radical (unpaired) electrons.